The molecule has 0 radical (unpaired) electrons. The second-order valence-corrected chi connectivity index (χ2v) is 7.77. The molecule has 1 aromatic rings. The number of rotatable bonds is 9. The van der Waals surface area contributed by atoms with E-state index in [1.54, 1.807) is 0 Å². The molecule has 1 aliphatic carbocycles. The molecule has 0 saturated heterocycles. The van der Waals surface area contributed by atoms with E-state index in [4.69, 9.17) is 0 Å². The van der Waals surface area contributed by atoms with Crippen LogP contribution in [0.2, 0.25) is 0 Å². The van der Waals surface area contributed by atoms with Crippen LogP contribution in [-0.2, 0) is 9.59 Å². The molecule has 0 atom stereocenters. The van der Waals surface area contributed by atoms with Crippen molar-refractivity contribution in [1.29, 1.82) is 0 Å². The van der Waals surface area contributed by atoms with Crippen molar-refractivity contribution >= 4 is 41.1 Å². The molecule has 154 valence electrons. The van der Waals surface area contributed by atoms with Gasteiger partial charge in [-0.25, -0.2) is 0 Å². The maximum Gasteiger partial charge on any atom is 0.270 e. The minimum atomic E-state index is -0.634. The van der Waals surface area contributed by atoms with Gasteiger partial charge in [0.2, 0.25) is 11.8 Å². The summed E-state index contributed by atoms with van der Waals surface area (Å²) in [6.45, 7) is 0.0138. The van der Waals surface area contributed by atoms with Crippen molar-refractivity contribution in [1.82, 2.24) is 15.5 Å². The van der Waals surface area contributed by atoms with E-state index in [0.29, 0.717) is 0 Å². The lowest BCUT2D eigenvalue weighted by molar-refractivity contribution is -0.384. The van der Waals surface area contributed by atoms with Gasteiger partial charge >= 0.3 is 0 Å². The molecule has 0 unspecified atom stereocenters. The number of thioether (sulfide) groups is 1. The zero-order valence-electron chi connectivity index (χ0n) is 15.5. The minimum absolute atomic E-state index is 0.0106. The van der Waals surface area contributed by atoms with Gasteiger partial charge in [-0.15, -0.1) is 11.8 Å². The average molecular weight is 420 g/mol. The first-order chi connectivity index (χ1) is 13.9. The van der Waals surface area contributed by atoms with Crippen LogP contribution in [0.25, 0.3) is 0 Å². The van der Waals surface area contributed by atoms with Crippen LogP contribution in [0.3, 0.4) is 0 Å². The summed E-state index contributed by atoms with van der Waals surface area (Å²) < 4.78 is 0. The number of amides is 4. The molecule has 29 heavy (non-hydrogen) atoms. The number of nitrogens with zero attached hydrogens (tertiary/aromatic N) is 2. The van der Waals surface area contributed by atoms with Crippen LogP contribution in [0, 0.1) is 10.1 Å². The first-order valence-corrected chi connectivity index (χ1v) is 10.3. The molecule has 0 spiro atoms. The zero-order valence-corrected chi connectivity index (χ0v) is 16.3. The number of nitro groups is 1. The second-order valence-electron chi connectivity index (χ2n) is 6.79. The molecule has 1 fully saturated rings. The number of hydrogen-bond acceptors (Lipinski definition) is 7. The zero-order chi connectivity index (χ0) is 21.0. The normalized spacial score (nSPS) is 15.7. The number of fused-ring (bicyclic) bond motifs is 1. The van der Waals surface area contributed by atoms with Gasteiger partial charge in [0.1, 0.15) is 0 Å². The molecule has 0 aromatic heterocycles. The average Bonchev–Trinajstić information content (AvgIpc) is 2.89. The molecular formula is C18H20N4O6S. The lowest BCUT2D eigenvalue weighted by atomic mass is 9.93. The monoisotopic (exact) mass is 420 g/mol. The van der Waals surface area contributed by atoms with E-state index in [9.17, 15) is 29.3 Å². The van der Waals surface area contributed by atoms with Crippen molar-refractivity contribution in [2.75, 3.05) is 24.6 Å². The number of hydrogen-bond donors (Lipinski definition) is 2. The number of imide groups is 1. The maximum absolute atomic E-state index is 12.3. The molecule has 1 aliphatic heterocycles. The lowest BCUT2D eigenvalue weighted by Gasteiger charge is -2.26. The van der Waals surface area contributed by atoms with E-state index in [1.807, 2.05) is 0 Å². The Balaban J connectivity index is 1.40. The van der Waals surface area contributed by atoms with E-state index in [1.165, 1.54) is 23.9 Å². The molecule has 0 bridgehead atoms. The summed E-state index contributed by atoms with van der Waals surface area (Å²) in [5.74, 6) is -1.28. The third-order valence-electron chi connectivity index (χ3n) is 4.76. The standard InChI is InChI=1S/C18H20N4O6S/c23-15(9-29-10-16(24)20-11-2-1-3-11)19-6-7-21-17(25)13-5-4-12(22(27)28)8-14(13)18(21)26/h4-5,8,11H,1-3,6-7,9-10H2,(H,19,23)(H,20,24). The fourth-order valence-corrected chi connectivity index (χ4v) is 3.67. The van der Waals surface area contributed by atoms with Crippen LogP contribution in [-0.4, -0.2) is 64.1 Å². The van der Waals surface area contributed by atoms with Crippen LogP contribution < -0.4 is 10.6 Å². The highest BCUT2D eigenvalue weighted by Crippen LogP contribution is 2.26. The quantitative estimate of drug-likeness (QED) is 0.341. The Hall–Kier alpha value is -2.95. The number of carbonyl (C=O) groups is 4. The van der Waals surface area contributed by atoms with Crippen molar-refractivity contribution in [2.24, 2.45) is 0 Å². The van der Waals surface area contributed by atoms with Crippen LogP contribution in [0.5, 0.6) is 0 Å². The highest BCUT2D eigenvalue weighted by Gasteiger charge is 2.36. The van der Waals surface area contributed by atoms with Gasteiger partial charge in [-0.3, -0.25) is 34.2 Å². The van der Waals surface area contributed by atoms with Gasteiger partial charge in [0, 0.05) is 31.3 Å². The molecule has 10 nitrogen and oxygen atoms in total. The van der Waals surface area contributed by atoms with Gasteiger partial charge in [0.15, 0.2) is 0 Å². The van der Waals surface area contributed by atoms with Crippen molar-refractivity contribution < 1.29 is 24.1 Å². The number of nitro benzene ring substituents is 1. The summed E-state index contributed by atoms with van der Waals surface area (Å²) in [5, 5.41) is 16.3. The van der Waals surface area contributed by atoms with E-state index in [-0.39, 0.29) is 59.3 Å². The third kappa shape index (κ3) is 4.91. The Morgan fingerprint density at radius 1 is 1.14 bits per heavy atom. The van der Waals surface area contributed by atoms with E-state index >= 15 is 0 Å². The highest BCUT2D eigenvalue weighted by molar-refractivity contribution is 8.00. The van der Waals surface area contributed by atoms with E-state index < -0.39 is 16.7 Å². The van der Waals surface area contributed by atoms with Gasteiger partial charge in [0.25, 0.3) is 17.5 Å². The topological polar surface area (TPSA) is 139 Å². The summed E-state index contributed by atoms with van der Waals surface area (Å²) in [4.78, 5) is 59.3. The molecule has 1 aromatic carbocycles. The molecule has 1 heterocycles. The smallest absolute Gasteiger partial charge is 0.270 e. The van der Waals surface area contributed by atoms with Crippen LogP contribution in [0.15, 0.2) is 18.2 Å². The first kappa shape index (κ1) is 20.8. The molecule has 2 N–H and O–H groups in total. The van der Waals surface area contributed by atoms with E-state index in [0.717, 1.165) is 30.2 Å². The van der Waals surface area contributed by atoms with Gasteiger partial charge < -0.3 is 10.6 Å². The predicted molar refractivity (Wildman–Crippen MR) is 105 cm³/mol. The Kier molecular flexibility index (Phi) is 6.47. The summed E-state index contributed by atoms with van der Waals surface area (Å²) in [5.41, 5.74) is -0.165. The Morgan fingerprint density at radius 2 is 1.83 bits per heavy atom. The fraction of sp³-hybridized carbons (Fsp3) is 0.444. The molecule has 3 rings (SSSR count). The molecular weight excluding hydrogens is 400 g/mol. The minimum Gasteiger partial charge on any atom is -0.354 e. The number of carbonyl (C=O) groups excluding carboxylic acids is 4. The van der Waals surface area contributed by atoms with E-state index in [2.05, 4.69) is 10.6 Å². The van der Waals surface area contributed by atoms with Crippen LogP contribution in [0.1, 0.15) is 40.0 Å². The molecule has 2 aliphatic rings. The highest BCUT2D eigenvalue weighted by atomic mass is 32.2. The molecule has 1 saturated carbocycles. The summed E-state index contributed by atoms with van der Waals surface area (Å²) in [6, 6.07) is 3.78. The predicted octanol–water partition coefficient (Wildman–Crippen LogP) is 0.709. The second kappa shape index (κ2) is 9.03. The Labute approximate surface area is 170 Å². The number of nitrogens with one attached hydrogen (secondary N) is 2. The Morgan fingerprint density at radius 3 is 2.48 bits per heavy atom. The Bertz CT molecular complexity index is 870. The van der Waals surface area contributed by atoms with Gasteiger partial charge in [0.05, 0.1) is 27.6 Å². The maximum atomic E-state index is 12.3. The number of benzene rings is 1. The van der Waals surface area contributed by atoms with Crippen molar-refractivity contribution in [3.63, 3.8) is 0 Å². The third-order valence-corrected chi connectivity index (χ3v) is 5.69. The molecule has 11 heteroatoms. The number of non-ortho nitro benzene ring substituents is 1. The van der Waals surface area contributed by atoms with Gasteiger partial charge in [-0.05, 0) is 25.3 Å². The fourth-order valence-electron chi connectivity index (χ4n) is 3.01. The van der Waals surface area contributed by atoms with Crippen molar-refractivity contribution in [3.05, 3.63) is 39.4 Å². The largest absolute Gasteiger partial charge is 0.354 e. The lowest BCUT2D eigenvalue weighted by Crippen LogP contribution is -2.41. The summed E-state index contributed by atoms with van der Waals surface area (Å²) >= 11 is 1.19. The SMILES string of the molecule is O=C(CSCC(=O)NC1CCC1)NCCN1C(=O)c2ccc([N+](=O)[O-])cc2C1=O. The summed E-state index contributed by atoms with van der Waals surface area (Å²) in [6.07, 6.45) is 3.13. The summed E-state index contributed by atoms with van der Waals surface area (Å²) in [7, 11) is 0. The van der Waals surface area contributed by atoms with Crippen LogP contribution in [0.4, 0.5) is 5.69 Å². The first-order valence-electron chi connectivity index (χ1n) is 9.15. The molecule has 4 amide bonds. The van der Waals surface area contributed by atoms with Crippen molar-refractivity contribution in [2.45, 2.75) is 25.3 Å². The van der Waals surface area contributed by atoms with Gasteiger partial charge in [-0.2, -0.15) is 0 Å². The van der Waals surface area contributed by atoms with Crippen LogP contribution >= 0.6 is 11.8 Å². The van der Waals surface area contributed by atoms with Gasteiger partial charge in [-0.1, -0.05) is 0 Å². The van der Waals surface area contributed by atoms with Crippen molar-refractivity contribution in [3.8, 4) is 0 Å².